The number of thioether (sulfide) groups is 1. The maximum absolute atomic E-state index is 12.1. The van der Waals surface area contributed by atoms with Crippen molar-refractivity contribution in [3.8, 4) is 11.5 Å². The molecule has 0 bridgehead atoms. The standard InChI is InChI=1S/C15H14Cl2N2O3S/c1-21-12-7-11(13(22-2)6-10(12)17)19-14(20)8-23-15-9(16)4-3-5-18-15/h3-7H,8H2,1-2H3,(H,19,20). The van der Waals surface area contributed by atoms with Crippen molar-refractivity contribution in [3.63, 3.8) is 0 Å². The van der Waals surface area contributed by atoms with Crippen LogP contribution >= 0.6 is 35.0 Å². The Labute approximate surface area is 148 Å². The van der Waals surface area contributed by atoms with Crippen LogP contribution in [0, 0.1) is 0 Å². The average Bonchev–Trinajstić information content (AvgIpc) is 2.55. The number of aromatic nitrogens is 1. The summed E-state index contributed by atoms with van der Waals surface area (Å²) in [5, 5.41) is 4.27. The van der Waals surface area contributed by atoms with E-state index in [1.165, 1.54) is 26.0 Å². The minimum absolute atomic E-state index is 0.158. The van der Waals surface area contributed by atoms with Crippen LogP contribution < -0.4 is 14.8 Å². The molecule has 1 N–H and O–H groups in total. The van der Waals surface area contributed by atoms with E-state index in [2.05, 4.69) is 10.3 Å². The number of benzene rings is 1. The second-order valence-electron chi connectivity index (χ2n) is 4.31. The number of hydrogen-bond acceptors (Lipinski definition) is 5. The molecule has 1 amide bonds. The van der Waals surface area contributed by atoms with Gasteiger partial charge < -0.3 is 14.8 Å². The van der Waals surface area contributed by atoms with Gasteiger partial charge in [-0.05, 0) is 12.1 Å². The number of nitrogens with one attached hydrogen (secondary N) is 1. The van der Waals surface area contributed by atoms with Crippen molar-refractivity contribution >= 4 is 46.6 Å². The number of hydrogen-bond donors (Lipinski definition) is 1. The second kappa shape index (κ2) is 8.29. The predicted molar refractivity (Wildman–Crippen MR) is 93.2 cm³/mol. The van der Waals surface area contributed by atoms with Gasteiger partial charge >= 0.3 is 0 Å². The molecule has 1 aromatic heterocycles. The molecule has 23 heavy (non-hydrogen) atoms. The Kier molecular flexibility index (Phi) is 6.38. The van der Waals surface area contributed by atoms with Crippen molar-refractivity contribution in [1.82, 2.24) is 4.98 Å². The van der Waals surface area contributed by atoms with Crippen LogP contribution in [-0.4, -0.2) is 30.9 Å². The molecule has 1 aromatic carbocycles. The fraction of sp³-hybridized carbons (Fsp3) is 0.200. The third-order valence-electron chi connectivity index (χ3n) is 2.81. The lowest BCUT2D eigenvalue weighted by atomic mass is 10.2. The Morgan fingerprint density at radius 2 is 1.96 bits per heavy atom. The van der Waals surface area contributed by atoms with Crippen molar-refractivity contribution in [3.05, 3.63) is 40.5 Å². The molecule has 0 fully saturated rings. The molecule has 0 atom stereocenters. The summed E-state index contributed by atoms with van der Waals surface area (Å²) in [5.74, 6) is 0.831. The van der Waals surface area contributed by atoms with Crippen molar-refractivity contribution in [2.45, 2.75) is 5.03 Å². The van der Waals surface area contributed by atoms with Crippen LogP contribution in [0.4, 0.5) is 5.69 Å². The molecule has 0 aliphatic carbocycles. The molecule has 2 rings (SSSR count). The zero-order valence-corrected chi connectivity index (χ0v) is 14.8. The fourth-order valence-electron chi connectivity index (χ4n) is 1.76. The zero-order chi connectivity index (χ0) is 16.8. The van der Waals surface area contributed by atoms with E-state index in [4.69, 9.17) is 32.7 Å². The van der Waals surface area contributed by atoms with Crippen molar-refractivity contribution in [1.29, 1.82) is 0 Å². The molecule has 0 unspecified atom stereocenters. The normalized spacial score (nSPS) is 10.3. The second-order valence-corrected chi connectivity index (χ2v) is 6.09. The fourth-order valence-corrected chi connectivity index (χ4v) is 2.95. The van der Waals surface area contributed by atoms with E-state index in [1.54, 1.807) is 30.5 Å². The lowest BCUT2D eigenvalue weighted by Crippen LogP contribution is -2.15. The molecule has 0 aliphatic rings. The number of carbonyl (C=O) groups excluding carboxylic acids is 1. The third-order valence-corrected chi connectivity index (χ3v) is 4.53. The lowest BCUT2D eigenvalue weighted by Gasteiger charge is -2.13. The summed E-state index contributed by atoms with van der Waals surface area (Å²) in [6, 6.07) is 6.65. The van der Waals surface area contributed by atoms with Crippen LogP contribution in [0.5, 0.6) is 11.5 Å². The molecule has 0 radical (unpaired) electrons. The summed E-state index contributed by atoms with van der Waals surface area (Å²) in [6.07, 6.45) is 1.62. The van der Waals surface area contributed by atoms with Gasteiger partial charge in [-0.1, -0.05) is 35.0 Å². The summed E-state index contributed by atoms with van der Waals surface area (Å²) in [4.78, 5) is 16.2. The van der Waals surface area contributed by atoms with E-state index in [1.807, 2.05) is 0 Å². The highest BCUT2D eigenvalue weighted by atomic mass is 35.5. The average molecular weight is 373 g/mol. The van der Waals surface area contributed by atoms with E-state index in [9.17, 15) is 4.79 Å². The molecule has 0 saturated heterocycles. The highest BCUT2D eigenvalue weighted by Crippen LogP contribution is 2.36. The first-order valence-corrected chi connectivity index (χ1v) is 8.24. The maximum Gasteiger partial charge on any atom is 0.234 e. The first-order chi connectivity index (χ1) is 11.0. The van der Waals surface area contributed by atoms with Crippen LogP contribution in [0.1, 0.15) is 0 Å². The van der Waals surface area contributed by atoms with Gasteiger partial charge in [0.05, 0.1) is 35.7 Å². The molecule has 5 nitrogen and oxygen atoms in total. The zero-order valence-electron chi connectivity index (χ0n) is 12.4. The summed E-state index contributed by atoms with van der Waals surface area (Å²) < 4.78 is 10.4. The molecule has 122 valence electrons. The first kappa shape index (κ1) is 17.7. The van der Waals surface area contributed by atoms with Gasteiger partial charge in [0, 0.05) is 18.3 Å². The Bertz CT molecular complexity index is 713. The van der Waals surface area contributed by atoms with Gasteiger partial charge in [0.25, 0.3) is 0 Å². The van der Waals surface area contributed by atoms with E-state index < -0.39 is 0 Å². The van der Waals surface area contributed by atoms with E-state index in [-0.39, 0.29) is 11.7 Å². The summed E-state index contributed by atoms with van der Waals surface area (Å²) in [6.45, 7) is 0. The van der Waals surface area contributed by atoms with Crippen molar-refractivity contribution in [2.75, 3.05) is 25.3 Å². The predicted octanol–water partition coefficient (Wildman–Crippen LogP) is 4.14. The Morgan fingerprint density at radius 3 is 2.61 bits per heavy atom. The Morgan fingerprint density at radius 1 is 1.22 bits per heavy atom. The monoisotopic (exact) mass is 372 g/mol. The Balaban J connectivity index is 2.06. The van der Waals surface area contributed by atoms with Gasteiger partial charge in [-0.25, -0.2) is 4.98 Å². The van der Waals surface area contributed by atoms with Gasteiger partial charge in [0.15, 0.2) is 0 Å². The minimum Gasteiger partial charge on any atom is -0.495 e. The smallest absolute Gasteiger partial charge is 0.234 e. The molecule has 0 aliphatic heterocycles. The minimum atomic E-state index is -0.223. The van der Waals surface area contributed by atoms with E-state index in [0.29, 0.717) is 32.3 Å². The number of ether oxygens (including phenoxy) is 2. The number of amides is 1. The van der Waals surface area contributed by atoms with Gasteiger partial charge in [-0.15, -0.1) is 0 Å². The Hall–Kier alpha value is -1.63. The number of nitrogens with zero attached hydrogens (tertiary/aromatic N) is 1. The van der Waals surface area contributed by atoms with Crippen LogP contribution in [0.3, 0.4) is 0 Å². The molecule has 1 heterocycles. The highest BCUT2D eigenvalue weighted by molar-refractivity contribution is 8.00. The van der Waals surface area contributed by atoms with Crippen LogP contribution in [0.15, 0.2) is 35.5 Å². The molecule has 0 spiro atoms. The number of pyridine rings is 1. The first-order valence-electron chi connectivity index (χ1n) is 6.50. The molecular weight excluding hydrogens is 359 g/mol. The summed E-state index contributed by atoms with van der Waals surface area (Å²) in [5.41, 5.74) is 0.478. The van der Waals surface area contributed by atoms with Gasteiger partial charge in [0.2, 0.25) is 5.91 Å². The van der Waals surface area contributed by atoms with Crippen LogP contribution in [-0.2, 0) is 4.79 Å². The van der Waals surface area contributed by atoms with Crippen molar-refractivity contribution in [2.24, 2.45) is 0 Å². The maximum atomic E-state index is 12.1. The molecular formula is C15H14Cl2N2O3S. The van der Waals surface area contributed by atoms with Crippen molar-refractivity contribution < 1.29 is 14.3 Å². The number of halogens is 2. The van der Waals surface area contributed by atoms with E-state index >= 15 is 0 Å². The van der Waals surface area contributed by atoms with Gasteiger partial charge in [-0.2, -0.15) is 0 Å². The van der Waals surface area contributed by atoms with Crippen LogP contribution in [0.25, 0.3) is 0 Å². The third kappa shape index (κ3) is 4.67. The van der Waals surface area contributed by atoms with Gasteiger partial charge in [0.1, 0.15) is 16.5 Å². The molecule has 2 aromatic rings. The van der Waals surface area contributed by atoms with E-state index in [0.717, 1.165) is 0 Å². The number of rotatable bonds is 6. The quantitative estimate of drug-likeness (QED) is 0.772. The SMILES string of the molecule is COc1cc(NC(=O)CSc2ncccc2Cl)c(OC)cc1Cl. The lowest BCUT2D eigenvalue weighted by molar-refractivity contribution is -0.113. The number of methoxy groups -OCH3 is 2. The largest absolute Gasteiger partial charge is 0.495 e. The topological polar surface area (TPSA) is 60.5 Å². The number of carbonyl (C=O) groups is 1. The highest BCUT2D eigenvalue weighted by Gasteiger charge is 2.13. The molecule has 8 heteroatoms. The number of anilines is 1. The van der Waals surface area contributed by atoms with Gasteiger partial charge in [-0.3, -0.25) is 4.79 Å². The summed E-state index contributed by atoms with van der Waals surface area (Å²) in [7, 11) is 2.99. The summed E-state index contributed by atoms with van der Waals surface area (Å²) >= 11 is 13.3. The molecule has 0 saturated carbocycles. The van der Waals surface area contributed by atoms with Crippen LogP contribution in [0.2, 0.25) is 10.0 Å².